The van der Waals surface area contributed by atoms with Crippen molar-refractivity contribution in [1.29, 1.82) is 0 Å². The lowest BCUT2D eigenvalue weighted by molar-refractivity contribution is -0.134. The molecule has 1 atom stereocenters. The van der Waals surface area contributed by atoms with E-state index in [2.05, 4.69) is 15.5 Å². The van der Waals surface area contributed by atoms with Crippen molar-refractivity contribution in [1.82, 2.24) is 10.2 Å². The van der Waals surface area contributed by atoms with E-state index in [1.165, 1.54) is 6.26 Å². The number of urea groups is 1. The van der Waals surface area contributed by atoms with Crippen molar-refractivity contribution in [3.63, 3.8) is 0 Å². The Morgan fingerprint density at radius 2 is 1.90 bits per heavy atom. The summed E-state index contributed by atoms with van der Waals surface area (Å²) < 4.78 is 10.6. The number of hydrogen-bond donors (Lipinski definition) is 2. The van der Waals surface area contributed by atoms with Crippen LogP contribution in [0.1, 0.15) is 12.7 Å². The number of benzene rings is 1. The fraction of sp³-hybridized carbons (Fsp3) is 0.350. The molecule has 9 nitrogen and oxygen atoms in total. The monoisotopic (exact) mass is 398 g/mol. The van der Waals surface area contributed by atoms with Gasteiger partial charge in [-0.05, 0) is 43.3 Å². The number of morpholine rings is 1. The summed E-state index contributed by atoms with van der Waals surface area (Å²) in [6.45, 7) is 4.21. The molecule has 0 saturated carbocycles. The number of anilines is 2. The normalized spacial score (nSPS) is 22.0. The highest BCUT2D eigenvalue weighted by atomic mass is 16.5. The fourth-order valence-electron chi connectivity index (χ4n) is 3.49. The zero-order chi connectivity index (χ0) is 20.4. The van der Waals surface area contributed by atoms with Gasteiger partial charge >= 0.3 is 6.03 Å². The minimum atomic E-state index is -1.32. The van der Waals surface area contributed by atoms with Gasteiger partial charge in [0.25, 0.3) is 5.91 Å². The Balaban J connectivity index is 1.38. The topological polar surface area (TPSA) is 104 Å². The van der Waals surface area contributed by atoms with Gasteiger partial charge in [0.2, 0.25) is 5.91 Å². The Labute approximate surface area is 167 Å². The molecule has 4 amide bonds. The molecule has 0 radical (unpaired) electrons. The van der Waals surface area contributed by atoms with Crippen LogP contribution in [0.5, 0.6) is 0 Å². The van der Waals surface area contributed by atoms with Crippen LogP contribution in [0.15, 0.2) is 47.1 Å². The van der Waals surface area contributed by atoms with Gasteiger partial charge < -0.3 is 24.7 Å². The van der Waals surface area contributed by atoms with Crippen molar-refractivity contribution in [2.75, 3.05) is 43.1 Å². The third-order valence-corrected chi connectivity index (χ3v) is 5.12. The molecule has 1 aromatic heterocycles. The van der Waals surface area contributed by atoms with Crippen LogP contribution in [0.4, 0.5) is 16.2 Å². The van der Waals surface area contributed by atoms with Crippen LogP contribution in [0.3, 0.4) is 0 Å². The molecule has 152 valence electrons. The van der Waals surface area contributed by atoms with E-state index in [4.69, 9.17) is 9.15 Å². The first-order chi connectivity index (χ1) is 14.0. The van der Waals surface area contributed by atoms with Crippen LogP contribution in [-0.4, -0.2) is 55.6 Å². The Bertz CT molecular complexity index is 905. The average molecular weight is 398 g/mol. The van der Waals surface area contributed by atoms with Crippen molar-refractivity contribution in [3.05, 3.63) is 48.4 Å². The van der Waals surface area contributed by atoms with Crippen LogP contribution in [0.2, 0.25) is 0 Å². The molecule has 3 heterocycles. The van der Waals surface area contributed by atoms with Crippen LogP contribution in [-0.2, 0) is 19.9 Å². The van der Waals surface area contributed by atoms with Crippen molar-refractivity contribution in [2.45, 2.75) is 12.5 Å². The molecule has 2 N–H and O–H groups in total. The summed E-state index contributed by atoms with van der Waals surface area (Å²) in [7, 11) is 0. The second-order valence-corrected chi connectivity index (χ2v) is 7.12. The number of carbonyl (C=O) groups is 3. The standard InChI is InChI=1S/C20H22N4O5/c1-20(16-3-2-10-29-16)18(26)24(19(27)22-20)13-17(25)21-14-4-6-15(7-5-14)23-8-11-28-12-9-23/h2-7,10H,8-9,11-13H2,1H3,(H,21,25)(H,22,27). The van der Waals surface area contributed by atoms with Crippen LogP contribution >= 0.6 is 0 Å². The number of hydrogen-bond acceptors (Lipinski definition) is 6. The summed E-state index contributed by atoms with van der Waals surface area (Å²) in [6.07, 6.45) is 1.43. The smallest absolute Gasteiger partial charge is 0.325 e. The first kappa shape index (κ1) is 19.0. The molecule has 2 fully saturated rings. The number of furan rings is 1. The van der Waals surface area contributed by atoms with E-state index in [0.29, 0.717) is 24.7 Å². The SMILES string of the molecule is CC1(c2ccco2)NC(=O)N(CC(=O)Nc2ccc(N3CCOCC3)cc2)C1=O. The Kier molecular flexibility index (Phi) is 4.98. The predicted octanol–water partition coefficient (Wildman–Crippen LogP) is 1.52. The third kappa shape index (κ3) is 3.68. The van der Waals surface area contributed by atoms with Crippen LogP contribution in [0.25, 0.3) is 0 Å². The first-order valence-electron chi connectivity index (χ1n) is 9.38. The fourth-order valence-corrected chi connectivity index (χ4v) is 3.49. The number of nitrogens with one attached hydrogen (secondary N) is 2. The minimum Gasteiger partial charge on any atom is -0.466 e. The molecule has 2 aromatic rings. The summed E-state index contributed by atoms with van der Waals surface area (Å²) in [5.41, 5.74) is 0.322. The number of carbonyl (C=O) groups excluding carboxylic acids is 3. The molecule has 2 aliphatic rings. The van der Waals surface area contributed by atoms with Crippen molar-refractivity contribution in [3.8, 4) is 0 Å². The number of imide groups is 1. The minimum absolute atomic E-state index is 0.317. The first-order valence-corrected chi connectivity index (χ1v) is 9.38. The van der Waals surface area contributed by atoms with Crippen molar-refractivity contribution >= 4 is 29.2 Å². The second-order valence-electron chi connectivity index (χ2n) is 7.12. The maximum atomic E-state index is 12.7. The number of nitrogens with zero attached hydrogens (tertiary/aromatic N) is 2. The number of ether oxygens (including phenoxy) is 1. The van der Waals surface area contributed by atoms with Crippen molar-refractivity contribution in [2.24, 2.45) is 0 Å². The summed E-state index contributed by atoms with van der Waals surface area (Å²) in [5, 5.41) is 5.32. The van der Waals surface area contributed by atoms with Crippen LogP contribution < -0.4 is 15.5 Å². The van der Waals surface area contributed by atoms with E-state index in [1.807, 2.05) is 12.1 Å². The molecule has 0 aliphatic carbocycles. The van der Waals surface area contributed by atoms with E-state index in [0.717, 1.165) is 23.7 Å². The predicted molar refractivity (Wildman–Crippen MR) is 104 cm³/mol. The summed E-state index contributed by atoms with van der Waals surface area (Å²) in [6, 6.07) is 10.0. The van der Waals surface area contributed by atoms with E-state index < -0.39 is 23.4 Å². The largest absolute Gasteiger partial charge is 0.466 e. The zero-order valence-electron chi connectivity index (χ0n) is 16.0. The van der Waals surface area contributed by atoms with Gasteiger partial charge in [-0.3, -0.25) is 14.5 Å². The van der Waals surface area contributed by atoms with Gasteiger partial charge in [-0.2, -0.15) is 0 Å². The molecule has 4 rings (SSSR count). The van der Waals surface area contributed by atoms with E-state index in [1.54, 1.807) is 31.2 Å². The molecule has 1 aromatic carbocycles. The molecular weight excluding hydrogens is 376 g/mol. The molecule has 9 heteroatoms. The second kappa shape index (κ2) is 7.59. The van der Waals surface area contributed by atoms with Gasteiger partial charge in [-0.1, -0.05) is 0 Å². The molecule has 0 bridgehead atoms. The molecular formula is C20H22N4O5. The summed E-state index contributed by atoms with van der Waals surface area (Å²) >= 11 is 0. The molecule has 2 saturated heterocycles. The summed E-state index contributed by atoms with van der Waals surface area (Å²) in [4.78, 5) is 40.5. The Hall–Kier alpha value is -3.33. The van der Waals surface area contributed by atoms with Gasteiger partial charge in [-0.15, -0.1) is 0 Å². The highest BCUT2D eigenvalue weighted by Crippen LogP contribution is 2.29. The Morgan fingerprint density at radius 3 is 2.55 bits per heavy atom. The third-order valence-electron chi connectivity index (χ3n) is 5.12. The molecule has 2 aliphatic heterocycles. The lowest BCUT2D eigenvalue weighted by Crippen LogP contribution is -2.41. The average Bonchev–Trinajstić information content (AvgIpc) is 3.34. The lowest BCUT2D eigenvalue weighted by Gasteiger charge is -2.28. The molecule has 0 spiro atoms. The number of rotatable bonds is 5. The van der Waals surface area contributed by atoms with Gasteiger partial charge in [0, 0.05) is 24.5 Å². The molecule has 1 unspecified atom stereocenters. The quantitative estimate of drug-likeness (QED) is 0.740. The maximum Gasteiger partial charge on any atom is 0.325 e. The summed E-state index contributed by atoms with van der Waals surface area (Å²) in [5.74, 6) is -0.677. The van der Waals surface area contributed by atoms with Gasteiger partial charge in [0.1, 0.15) is 12.3 Å². The lowest BCUT2D eigenvalue weighted by atomic mass is 9.99. The van der Waals surface area contributed by atoms with Crippen molar-refractivity contribution < 1.29 is 23.5 Å². The van der Waals surface area contributed by atoms with E-state index in [-0.39, 0.29) is 6.54 Å². The zero-order valence-corrected chi connectivity index (χ0v) is 16.0. The number of amides is 4. The van der Waals surface area contributed by atoms with E-state index >= 15 is 0 Å². The molecule has 29 heavy (non-hydrogen) atoms. The van der Waals surface area contributed by atoms with Gasteiger partial charge in [0.15, 0.2) is 5.54 Å². The highest BCUT2D eigenvalue weighted by Gasteiger charge is 2.51. The van der Waals surface area contributed by atoms with Gasteiger partial charge in [0.05, 0.1) is 19.5 Å². The van der Waals surface area contributed by atoms with E-state index in [9.17, 15) is 14.4 Å². The Morgan fingerprint density at radius 1 is 1.17 bits per heavy atom. The highest BCUT2D eigenvalue weighted by molar-refractivity contribution is 6.10. The van der Waals surface area contributed by atoms with Crippen LogP contribution in [0, 0.1) is 0 Å². The van der Waals surface area contributed by atoms with Gasteiger partial charge in [-0.25, -0.2) is 4.79 Å². The maximum absolute atomic E-state index is 12.7.